The summed E-state index contributed by atoms with van der Waals surface area (Å²) in [7, 11) is 2.40. The number of fused-ring (bicyclic) bond motifs is 2. The van der Waals surface area contributed by atoms with Gasteiger partial charge in [-0.1, -0.05) is 0 Å². The molecule has 2 N–H and O–H groups in total. The first-order valence-corrected chi connectivity index (χ1v) is 5.40. The van der Waals surface area contributed by atoms with Crippen LogP contribution in [-0.2, 0) is 23.8 Å². The van der Waals surface area contributed by atoms with Crippen LogP contribution in [0.2, 0.25) is 0 Å². The standard InChI is InChI=1S/C11H14O7/c1-16-5(12)3-4-6(11(15)17-2)10-8(14)7(13)9(4)18-10/h3,6-10,13-14H,1-2H3. The van der Waals surface area contributed by atoms with Crippen LogP contribution < -0.4 is 0 Å². The van der Waals surface area contributed by atoms with Crippen molar-refractivity contribution in [1.82, 2.24) is 0 Å². The molecule has 18 heavy (non-hydrogen) atoms. The van der Waals surface area contributed by atoms with Gasteiger partial charge in [0, 0.05) is 6.08 Å². The van der Waals surface area contributed by atoms with E-state index in [0.717, 1.165) is 6.08 Å². The van der Waals surface area contributed by atoms with Gasteiger partial charge in [-0.05, 0) is 5.57 Å². The summed E-state index contributed by atoms with van der Waals surface area (Å²) in [5, 5.41) is 19.4. The zero-order valence-electron chi connectivity index (χ0n) is 9.90. The van der Waals surface area contributed by atoms with E-state index in [0.29, 0.717) is 0 Å². The van der Waals surface area contributed by atoms with Gasteiger partial charge in [0.25, 0.3) is 0 Å². The van der Waals surface area contributed by atoms with Gasteiger partial charge >= 0.3 is 11.9 Å². The fourth-order valence-corrected chi connectivity index (χ4v) is 2.39. The molecule has 5 unspecified atom stereocenters. The third-order valence-electron chi connectivity index (χ3n) is 3.26. The fourth-order valence-electron chi connectivity index (χ4n) is 2.39. The highest BCUT2D eigenvalue weighted by Gasteiger charge is 2.59. The molecule has 0 aromatic rings. The van der Waals surface area contributed by atoms with Gasteiger partial charge in [0.05, 0.1) is 14.2 Å². The van der Waals surface area contributed by atoms with E-state index in [1.807, 2.05) is 0 Å². The van der Waals surface area contributed by atoms with Crippen molar-refractivity contribution in [2.24, 2.45) is 5.92 Å². The van der Waals surface area contributed by atoms with Gasteiger partial charge < -0.3 is 24.4 Å². The van der Waals surface area contributed by atoms with Gasteiger partial charge in [-0.2, -0.15) is 0 Å². The Kier molecular flexibility index (Phi) is 3.38. The SMILES string of the molecule is COC(=O)C=C1C2OC(C1C(=O)OC)C(O)C2O. The van der Waals surface area contributed by atoms with Crippen molar-refractivity contribution in [3.63, 3.8) is 0 Å². The molecule has 0 aromatic heterocycles. The Bertz CT molecular complexity index is 402. The van der Waals surface area contributed by atoms with E-state index in [-0.39, 0.29) is 5.57 Å². The molecule has 0 aliphatic carbocycles. The van der Waals surface area contributed by atoms with Crippen LogP contribution >= 0.6 is 0 Å². The molecule has 2 saturated heterocycles. The predicted octanol–water partition coefficient (Wildman–Crippen LogP) is -1.62. The van der Waals surface area contributed by atoms with Crippen LogP contribution in [0.3, 0.4) is 0 Å². The van der Waals surface area contributed by atoms with E-state index >= 15 is 0 Å². The Morgan fingerprint density at radius 2 is 1.89 bits per heavy atom. The molecule has 0 amide bonds. The quantitative estimate of drug-likeness (QED) is 0.453. The Morgan fingerprint density at radius 1 is 1.22 bits per heavy atom. The van der Waals surface area contributed by atoms with Gasteiger partial charge in [0.15, 0.2) is 0 Å². The van der Waals surface area contributed by atoms with Crippen LogP contribution in [0.15, 0.2) is 11.6 Å². The molecule has 5 atom stereocenters. The smallest absolute Gasteiger partial charge is 0.330 e. The molecule has 0 radical (unpaired) electrons. The zero-order chi connectivity index (χ0) is 13.4. The van der Waals surface area contributed by atoms with Crippen molar-refractivity contribution < 1.29 is 34.0 Å². The van der Waals surface area contributed by atoms with E-state index in [1.54, 1.807) is 0 Å². The van der Waals surface area contributed by atoms with E-state index < -0.39 is 42.3 Å². The summed E-state index contributed by atoms with van der Waals surface area (Å²) in [6, 6.07) is 0. The number of hydrogen-bond donors (Lipinski definition) is 2. The number of aliphatic hydroxyl groups excluding tert-OH is 2. The molecule has 2 aliphatic heterocycles. The minimum absolute atomic E-state index is 0.275. The van der Waals surface area contributed by atoms with Crippen molar-refractivity contribution in [2.45, 2.75) is 24.4 Å². The van der Waals surface area contributed by atoms with Crippen molar-refractivity contribution in [3.05, 3.63) is 11.6 Å². The molecule has 2 bridgehead atoms. The summed E-state index contributed by atoms with van der Waals surface area (Å²) < 4.78 is 14.4. The molecule has 100 valence electrons. The Labute approximate surface area is 103 Å². The molecular formula is C11H14O7. The van der Waals surface area contributed by atoms with Gasteiger partial charge in [-0.15, -0.1) is 0 Å². The topological polar surface area (TPSA) is 102 Å². The van der Waals surface area contributed by atoms with Crippen molar-refractivity contribution in [1.29, 1.82) is 0 Å². The minimum atomic E-state index is -1.17. The molecule has 7 heteroatoms. The van der Waals surface area contributed by atoms with Crippen LogP contribution in [0.5, 0.6) is 0 Å². The molecule has 2 heterocycles. The lowest BCUT2D eigenvalue weighted by Gasteiger charge is -2.26. The maximum Gasteiger partial charge on any atom is 0.330 e. The lowest BCUT2D eigenvalue weighted by molar-refractivity contribution is -0.148. The van der Waals surface area contributed by atoms with Crippen molar-refractivity contribution in [2.75, 3.05) is 14.2 Å². The van der Waals surface area contributed by atoms with E-state index in [9.17, 15) is 19.8 Å². The molecule has 7 nitrogen and oxygen atoms in total. The first-order chi connectivity index (χ1) is 8.51. The lowest BCUT2D eigenvalue weighted by atomic mass is 9.80. The summed E-state index contributed by atoms with van der Waals surface area (Å²) in [6.07, 6.45) is -3.01. The van der Waals surface area contributed by atoms with Gasteiger partial charge in [0.2, 0.25) is 0 Å². The second-order valence-electron chi connectivity index (χ2n) is 4.17. The lowest BCUT2D eigenvalue weighted by Crippen LogP contribution is -2.45. The summed E-state index contributed by atoms with van der Waals surface area (Å²) in [5.41, 5.74) is 0.275. The molecule has 2 aliphatic rings. The number of aliphatic hydroxyl groups is 2. The summed E-state index contributed by atoms with van der Waals surface area (Å²) in [5.74, 6) is -2.17. The van der Waals surface area contributed by atoms with Crippen molar-refractivity contribution >= 4 is 11.9 Å². The first-order valence-electron chi connectivity index (χ1n) is 5.40. The summed E-state index contributed by atoms with van der Waals surface area (Å²) >= 11 is 0. The van der Waals surface area contributed by atoms with Crippen LogP contribution in [-0.4, -0.2) is 60.8 Å². The predicted molar refractivity (Wildman–Crippen MR) is 56.3 cm³/mol. The van der Waals surface area contributed by atoms with E-state index in [4.69, 9.17) is 4.74 Å². The Hall–Kier alpha value is -1.44. The second kappa shape index (κ2) is 4.68. The highest BCUT2D eigenvalue weighted by molar-refractivity contribution is 5.86. The normalized spacial score (nSPS) is 40.0. The second-order valence-corrected chi connectivity index (χ2v) is 4.17. The first kappa shape index (κ1) is 13.0. The molecule has 2 fully saturated rings. The molecular weight excluding hydrogens is 244 g/mol. The highest BCUT2D eigenvalue weighted by atomic mass is 16.6. The van der Waals surface area contributed by atoms with Crippen LogP contribution in [0, 0.1) is 5.92 Å². The number of carbonyl (C=O) groups is 2. The summed E-state index contributed by atoms with van der Waals surface area (Å²) in [6.45, 7) is 0. The number of methoxy groups -OCH3 is 2. The number of hydrogen-bond acceptors (Lipinski definition) is 7. The third-order valence-corrected chi connectivity index (χ3v) is 3.26. The largest absolute Gasteiger partial charge is 0.468 e. The van der Waals surface area contributed by atoms with Crippen molar-refractivity contribution in [3.8, 4) is 0 Å². The molecule has 2 rings (SSSR count). The zero-order valence-corrected chi connectivity index (χ0v) is 9.90. The Balaban J connectivity index is 2.34. The number of esters is 2. The average Bonchev–Trinajstić information content (AvgIpc) is 2.86. The van der Waals surface area contributed by atoms with Gasteiger partial charge in [-0.25, -0.2) is 4.79 Å². The molecule has 0 saturated carbocycles. The minimum Gasteiger partial charge on any atom is -0.468 e. The molecule has 0 spiro atoms. The number of ether oxygens (including phenoxy) is 3. The van der Waals surface area contributed by atoms with E-state index in [1.165, 1.54) is 14.2 Å². The maximum atomic E-state index is 11.6. The van der Waals surface area contributed by atoms with Gasteiger partial charge in [-0.3, -0.25) is 4.79 Å². The third kappa shape index (κ3) is 1.80. The van der Waals surface area contributed by atoms with Gasteiger partial charge in [0.1, 0.15) is 30.3 Å². The van der Waals surface area contributed by atoms with E-state index in [2.05, 4.69) is 9.47 Å². The molecule has 0 aromatic carbocycles. The number of carbonyl (C=O) groups excluding carboxylic acids is 2. The van der Waals surface area contributed by atoms with Crippen LogP contribution in [0.1, 0.15) is 0 Å². The fraction of sp³-hybridized carbons (Fsp3) is 0.636. The van der Waals surface area contributed by atoms with Crippen LogP contribution in [0.4, 0.5) is 0 Å². The average molecular weight is 258 g/mol. The number of rotatable bonds is 2. The monoisotopic (exact) mass is 258 g/mol. The maximum absolute atomic E-state index is 11.6. The van der Waals surface area contributed by atoms with Crippen LogP contribution in [0.25, 0.3) is 0 Å². The summed E-state index contributed by atoms with van der Waals surface area (Å²) in [4.78, 5) is 22.9. The highest BCUT2D eigenvalue weighted by Crippen LogP contribution is 2.43. The Morgan fingerprint density at radius 3 is 2.44 bits per heavy atom.